The van der Waals surface area contributed by atoms with Crippen LogP contribution in [0.1, 0.15) is 10.4 Å². The van der Waals surface area contributed by atoms with Gasteiger partial charge in [-0.1, -0.05) is 47.0 Å². The third-order valence-electron chi connectivity index (χ3n) is 2.06. The average molecular weight is 408 g/mol. The number of carbonyl (C=O) groups excluding carboxylic acids is 1. The van der Waals surface area contributed by atoms with Crippen molar-refractivity contribution in [1.82, 2.24) is 10.2 Å². The lowest BCUT2D eigenvalue weighted by molar-refractivity contribution is 0.102. The van der Waals surface area contributed by atoms with Crippen molar-refractivity contribution in [1.29, 1.82) is 0 Å². The summed E-state index contributed by atoms with van der Waals surface area (Å²) in [5.41, 5.74) is 0.748. The average Bonchev–Trinajstić information content (AvgIpc) is 2.85. The van der Waals surface area contributed by atoms with E-state index < -0.39 is 0 Å². The molecule has 1 aromatic heterocycles. The summed E-state index contributed by atoms with van der Waals surface area (Å²) in [4.78, 5) is 11.9. The van der Waals surface area contributed by atoms with Crippen LogP contribution in [0.15, 0.2) is 32.9 Å². The Morgan fingerprint density at radius 2 is 1.94 bits per heavy atom. The fourth-order valence-corrected chi connectivity index (χ4v) is 3.88. The predicted octanol–water partition coefficient (Wildman–Crippen LogP) is 3.84. The molecule has 3 nitrogen and oxygen atoms in total. The van der Waals surface area contributed by atoms with Crippen LogP contribution < -0.4 is 0 Å². The molecule has 0 atom stereocenters. The second-order valence-electron chi connectivity index (χ2n) is 3.26. The number of aromatic nitrogens is 2. The van der Waals surface area contributed by atoms with Crippen molar-refractivity contribution in [3.05, 3.63) is 33.4 Å². The standard InChI is InChI=1S/C11H9IN2OS3/c1-16-10-13-14-11(18-10)17-6-9(15)7-2-4-8(12)5-3-7/h2-5H,6H2,1H3. The second-order valence-corrected chi connectivity index (χ2v) is 7.76. The van der Waals surface area contributed by atoms with Crippen LogP contribution in [0.4, 0.5) is 0 Å². The first kappa shape index (κ1) is 14.3. The first-order valence-electron chi connectivity index (χ1n) is 4.98. The van der Waals surface area contributed by atoms with Gasteiger partial charge in [-0.25, -0.2) is 0 Å². The third kappa shape index (κ3) is 3.94. The molecule has 0 aliphatic rings. The van der Waals surface area contributed by atoms with Gasteiger partial charge in [0.25, 0.3) is 0 Å². The molecule has 2 aromatic rings. The van der Waals surface area contributed by atoms with E-state index in [9.17, 15) is 4.79 Å². The summed E-state index contributed by atoms with van der Waals surface area (Å²) in [6, 6.07) is 7.60. The lowest BCUT2D eigenvalue weighted by Gasteiger charge is -1.99. The van der Waals surface area contributed by atoms with E-state index >= 15 is 0 Å². The summed E-state index contributed by atoms with van der Waals surface area (Å²) in [5, 5.41) is 8.02. The molecule has 0 N–H and O–H groups in total. The monoisotopic (exact) mass is 408 g/mol. The maximum Gasteiger partial charge on any atom is 0.175 e. The number of Topliss-reactive ketones (excluding diaryl/α,β-unsaturated/α-hetero) is 1. The van der Waals surface area contributed by atoms with Crippen LogP contribution in [0, 0.1) is 3.57 Å². The number of ketones is 1. The minimum atomic E-state index is 0.123. The van der Waals surface area contributed by atoms with Gasteiger partial charge < -0.3 is 0 Å². The van der Waals surface area contributed by atoms with Crippen molar-refractivity contribution in [2.24, 2.45) is 0 Å². The van der Waals surface area contributed by atoms with Gasteiger partial charge in [-0.05, 0) is 41.0 Å². The molecule has 0 radical (unpaired) electrons. The van der Waals surface area contributed by atoms with Crippen molar-refractivity contribution in [3.8, 4) is 0 Å². The van der Waals surface area contributed by atoms with Crippen LogP contribution in [-0.4, -0.2) is 28.0 Å². The molecule has 0 unspecified atom stereocenters. The Hall–Kier alpha value is -0.120. The smallest absolute Gasteiger partial charge is 0.175 e. The molecule has 0 saturated heterocycles. The van der Waals surface area contributed by atoms with Crippen LogP contribution in [0.2, 0.25) is 0 Å². The molecular weight excluding hydrogens is 399 g/mol. The fourth-order valence-electron chi connectivity index (χ4n) is 1.18. The highest BCUT2D eigenvalue weighted by Gasteiger charge is 2.09. The molecule has 1 aromatic carbocycles. The van der Waals surface area contributed by atoms with E-state index in [1.807, 2.05) is 30.5 Å². The second kappa shape index (κ2) is 6.88. The van der Waals surface area contributed by atoms with Crippen LogP contribution in [0.3, 0.4) is 0 Å². The normalized spacial score (nSPS) is 10.6. The molecule has 7 heteroatoms. The van der Waals surface area contributed by atoms with Crippen molar-refractivity contribution in [3.63, 3.8) is 0 Å². The van der Waals surface area contributed by atoms with E-state index in [1.165, 1.54) is 23.1 Å². The number of rotatable bonds is 5. The zero-order chi connectivity index (χ0) is 13.0. The Balaban J connectivity index is 1.93. The molecule has 0 aliphatic carbocycles. The Kier molecular flexibility index (Phi) is 5.46. The van der Waals surface area contributed by atoms with E-state index in [2.05, 4.69) is 32.8 Å². The summed E-state index contributed by atoms with van der Waals surface area (Å²) in [5.74, 6) is 0.529. The molecule has 18 heavy (non-hydrogen) atoms. The molecule has 1 heterocycles. The Bertz CT molecular complexity index is 541. The number of hydrogen-bond donors (Lipinski definition) is 0. The van der Waals surface area contributed by atoms with Gasteiger partial charge in [0, 0.05) is 9.13 Å². The zero-order valence-electron chi connectivity index (χ0n) is 9.42. The lowest BCUT2D eigenvalue weighted by atomic mass is 10.2. The molecule has 0 bridgehead atoms. The quantitative estimate of drug-likeness (QED) is 0.427. The van der Waals surface area contributed by atoms with Crippen molar-refractivity contribution >= 4 is 63.2 Å². The number of halogens is 1. The Morgan fingerprint density at radius 1 is 1.28 bits per heavy atom. The topological polar surface area (TPSA) is 42.9 Å². The van der Waals surface area contributed by atoms with E-state index in [0.29, 0.717) is 5.75 Å². The highest BCUT2D eigenvalue weighted by atomic mass is 127. The van der Waals surface area contributed by atoms with Gasteiger partial charge in [0.2, 0.25) is 0 Å². The molecule has 94 valence electrons. The Morgan fingerprint density at radius 3 is 2.56 bits per heavy atom. The van der Waals surface area contributed by atoms with Crippen LogP contribution >= 0.6 is 57.5 Å². The molecule has 0 amide bonds. The van der Waals surface area contributed by atoms with E-state index in [0.717, 1.165) is 17.8 Å². The van der Waals surface area contributed by atoms with Gasteiger partial charge in [0.1, 0.15) is 0 Å². The summed E-state index contributed by atoms with van der Waals surface area (Å²) in [7, 11) is 0. The fraction of sp³-hybridized carbons (Fsp3) is 0.182. The van der Waals surface area contributed by atoms with Crippen molar-refractivity contribution in [2.45, 2.75) is 8.68 Å². The molecule has 0 spiro atoms. The van der Waals surface area contributed by atoms with Crippen molar-refractivity contribution < 1.29 is 4.79 Å². The number of thioether (sulfide) groups is 2. The first-order chi connectivity index (χ1) is 8.69. The Labute approximate surface area is 131 Å². The summed E-state index contributed by atoms with van der Waals surface area (Å²) < 4.78 is 2.91. The van der Waals surface area contributed by atoms with Crippen LogP contribution in [0.5, 0.6) is 0 Å². The molecule has 0 saturated carbocycles. The number of carbonyl (C=O) groups is 1. The van der Waals surface area contributed by atoms with Crippen LogP contribution in [-0.2, 0) is 0 Å². The minimum Gasteiger partial charge on any atom is -0.293 e. The lowest BCUT2D eigenvalue weighted by Crippen LogP contribution is -2.01. The maximum atomic E-state index is 11.9. The van der Waals surface area contributed by atoms with E-state index in [4.69, 9.17) is 0 Å². The highest BCUT2D eigenvalue weighted by molar-refractivity contribution is 14.1. The number of hydrogen-bond acceptors (Lipinski definition) is 6. The van der Waals surface area contributed by atoms with E-state index in [1.54, 1.807) is 11.8 Å². The summed E-state index contributed by atoms with van der Waals surface area (Å²) in [6.45, 7) is 0. The van der Waals surface area contributed by atoms with Gasteiger partial charge in [0.15, 0.2) is 14.5 Å². The van der Waals surface area contributed by atoms with Gasteiger partial charge in [-0.2, -0.15) is 0 Å². The number of benzene rings is 1. The maximum absolute atomic E-state index is 11.9. The van der Waals surface area contributed by atoms with Gasteiger partial charge in [-0.3, -0.25) is 4.79 Å². The SMILES string of the molecule is CSc1nnc(SCC(=O)c2ccc(I)cc2)s1. The van der Waals surface area contributed by atoms with Gasteiger partial charge in [0.05, 0.1) is 5.75 Å². The predicted molar refractivity (Wildman–Crippen MR) is 85.9 cm³/mol. The zero-order valence-corrected chi connectivity index (χ0v) is 14.0. The molecule has 0 aliphatic heterocycles. The molecule has 0 fully saturated rings. The molecule has 2 rings (SSSR count). The minimum absolute atomic E-state index is 0.123. The highest BCUT2D eigenvalue weighted by Crippen LogP contribution is 2.27. The number of nitrogens with zero attached hydrogens (tertiary/aromatic N) is 2. The van der Waals surface area contributed by atoms with Crippen molar-refractivity contribution in [2.75, 3.05) is 12.0 Å². The first-order valence-corrected chi connectivity index (χ1v) is 9.08. The van der Waals surface area contributed by atoms with Gasteiger partial charge >= 0.3 is 0 Å². The third-order valence-corrected chi connectivity index (χ3v) is 5.81. The summed E-state index contributed by atoms with van der Waals surface area (Å²) >= 11 is 6.76. The van der Waals surface area contributed by atoms with E-state index in [-0.39, 0.29) is 5.78 Å². The summed E-state index contributed by atoms with van der Waals surface area (Å²) in [6.07, 6.45) is 1.96. The van der Waals surface area contributed by atoms with Gasteiger partial charge in [-0.15, -0.1) is 10.2 Å². The van der Waals surface area contributed by atoms with Crippen LogP contribution in [0.25, 0.3) is 0 Å². The largest absolute Gasteiger partial charge is 0.293 e. The molecular formula is C11H9IN2OS3.